The second kappa shape index (κ2) is 7.41. The molecule has 0 amide bonds. The Hall–Kier alpha value is -2.46. The molecule has 0 atom stereocenters. The number of fused-ring (bicyclic) bond motifs is 1. The lowest BCUT2D eigenvalue weighted by atomic mass is 9.98. The van der Waals surface area contributed by atoms with Gasteiger partial charge in [0, 0.05) is 29.5 Å². The highest BCUT2D eigenvalue weighted by atomic mass is 16.5. The van der Waals surface area contributed by atoms with E-state index < -0.39 is 0 Å². The Morgan fingerprint density at radius 2 is 1.79 bits per heavy atom. The summed E-state index contributed by atoms with van der Waals surface area (Å²) in [4.78, 5) is 24.7. The van der Waals surface area contributed by atoms with Crippen molar-refractivity contribution in [1.82, 2.24) is 0 Å². The molecular formula is C20H20O4. The summed E-state index contributed by atoms with van der Waals surface area (Å²) in [6, 6.07) is 12.8. The molecule has 0 spiro atoms. The van der Waals surface area contributed by atoms with E-state index in [1.54, 1.807) is 18.2 Å². The van der Waals surface area contributed by atoms with Crippen LogP contribution in [0.25, 0.3) is 0 Å². The van der Waals surface area contributed by atoms with Gasteiger partial charge in [0.05, 0.1) is 13.2 Å². The Labute approximate surface area is 141 Å². The molecule has 2 aromatic rings. The topological polar surface area (TPSA) is 52.6 Å². The van der Waals surface area contributed by atoms with Crippen LogP contribution in [0.3, 0.4) is 0 Å². The molecule has 2 aromatic carbocycles. The number of carbonyl (C=O) groups excluding carboxylic acids is 2. The number of ketones is 2. The summed E-state index contributed by atoms with van der Waals surface area (Å²) in [5.41, 5.74) is 3.15. The molecule has 0 aromatic heterocycles. The molecular weight excluding hydrogens is 304 g/mol. The fraction of sp³-hybridized carbons (Fsp3) is 0.300. The van der Waals surface area contributed by atoms with Gasteiger partial charge in [-0.15, -0.1) is 0 Å². The molecule has 1 heterocycles. The minimum Gasteiger partial charge on any atom is -0.491 e. The minimum absolute atomic E-state index is 0.000796. The predicted octanol–water partition coefficient (Wildman–Crippen LogP) is 3.75. The average molecular weight is 324 g/mol. The van der Waals surface area contributed by atoms with Gasteiger partial charge in [-0.2, -0.15) is 0 Å². The molecule has 4 heteroatoms. The first-order valence-corrected chi connectivity index (χ1v) is 8.10. The van der Waals surface area contributed by atoms with E-state index in [0.29, 0.717) is 36.7 Å². The number of rotatable bonds is 5. The third kappa shape index (κ3) is 3.71. The molecule has 0 saturated heterocycles. The summed E-state index contributed by atoms with van der Waals surface area (Å²) >= 11 is 0. The Bertz CT molecular complexity index is 764. The van der Waals surface area contributed by atoms with Crippen molar-refractivity contribution in [2.24, 2.45) is 0 Å². The van der Waals surface area contributed by atoms with Crippen molar-refractivity contribution >= 4 is 11.6 Å². The largest absolute Gasteiger partial charge is 0.491 e. The van der Waals surface area contributed by atoms with E-state index in [9.17, 15) is 9.59 Å². The minimum atomic E-state index is -0.0477. The van der Waals surface area contributed by atoms with E-state index in [4.69, 9.17) is 9.47 Å². The molecule has 0 aliphatic carbocycles. The molecule has 0 N–H and O–H groups in total. The van der Waals surface area contributed by atoms with Crippen LogP contribution in [0.15, 0.2) is 42.5 Å². The maximum Gasteiger partial charge on any atom is 0.163 e. The van der Waals surface area contributed by atoms with Crippen molar-refractivity contribution in [1.29, 1.82) is 0 Å². The Balaban J connectivity index is 1.66. The molecule has 0 fully saturated rings. The lowest BCUT2D eigenvalue weighted by Gasteiger charge is -2.08. The Morgan fingerprint density at radius 1 is 1.00 bits per heavy atom. The first-order chi connectivity index (χ1) is 11.6. The highest BCUT2D eigenvalue weighted by Crippen LogP contribution is 2.24. The summed E-state index contributed by atoms with van der Waals surface area (Å²) in [5.74, 6) is 0.651. The third-order valence-corrected chi connectivity index (χ3v) is 4.16. The van der Waals surface area contributed by atoms with E-state index in [1.807, 2.05) is 31.2 Å². The number of hydrogen-bond acceptors (Lipinski definition) is 4. The summed E-state index contributed by atoms with van der Waals surface area (Å²) < 4.78 is 11.0. The molecule has 1 aliphatic rings. The van der Waals surface area contributed by atoms with Crippen LogP contribution in [0, 0.1) is 6.92 Å². The van der Waals surface area contributed by atoms with Gasteiger partial charge < -0.3 is 9.47 Å². The SMILES string of the molecule is Cc1ccccc1C(=O)CCC(=O)c1ccc2c(c1)OCCOC2. The van der Waals surface area contributed by atoms with Gasteiger partial charge in [0.15, 0.2) is 11.6 Å². The summed E-state index contributed by atoms with van der Waals surface area (Å²) in [7, 11) is 0. The van der Waals surface area contributed by atoms with Crippen molar-refractivity contribution in [2.75, 3.05) is 13.2 Å². The standard InChI is InChI=1S/C20H20O4/c1-14-4-2-3-5-17(14)19(22)9-8-18(21)15-6-7-16-13-23-10-11-24-20(16)12-15/h2-7,12H,8-11,13H2,1H3. The lowest BCUT2D eigenvalue weighted by Crippen LogP contribution is -2.07. The number of Topliss-reactive ketones (excluding diaryl/α,β-unsaturated/α-hetero) is 2. The van der Waals surface area contributed by atoms with Crippen LogP contribution in [-0.4, -0.2) is 24.8 Å². The van der Waals surface area contributed by atoms with Crippen LogP contribution >= 0.6 is 0 Å². The summed E-state index contributed by atoms with van der Waals surface area (Å²) in [6.07, 6.45) is 0.410. The fourth-order valence-corrected chi connectivity index (χ4v) is 2.77. The maximum atomic E-state index is 12.4. The zero-order chi connectivity index (χ0) is 16.9. The Kier molecular flexibility index (Phi) is 5.06. The van der Waals surface area contributed by atoms with E-state index in [2.05, 4.69) is 0 Å². The second-order valence-electron chi connectivity index (χ2n) is 5.88. The van der Waals surface area contributed by atoms with Crippen LogP contribution in [-0.2, 0) is 11.3 Å². The molecule has 3 rings (SSSR count). The van der Waals surface area contributed by atoms with E-state index >= 15 is 0 Å². The average Bonchev–Trinajstić information content (AvgIpc) is 2.84. The van der Waals surface area contributed by atoms with Crippen molar-refractivity contribution in [2.45, 2.75) is 26.4 Å². The smallest absolute Gasteiger partial charge is 0.163 e. The second-order valence-corrected chi connectivity index (χ2v) is 5.88. The number of hydrogen-bond donors (Lipinski definition) is 0. The van der Waals surface area contributed by atoms with Gasteiger partial charge in [-0.3, -0.25) is 9.59 Å². The van der Waals surface area contributed by atoms with Crippen LogP contribution in [0.1, 0.15) is 44.7 Å². The van der Waals surface area contributed by atoms with E-state index in [1.165, 1.54) is 0 Å². The number of benzene rings is 2. The third-order valence-electron chi connectivity index (χ3n) is 4.16. The quantitative estimate of drug-likeness (QED) is 0.786. The zero-order valence-electron chi connectivity index (χ0n) is 13.7. The molecule has 0 saturated carbocycles. The van der Waals surface area contributed by atoms with Gasteiger partial charge in [0.1, 0.15) is 12.4 Å². The molecule has 0 unspecified atom stereocenters. The van der Waals surface area contributed by atoms with Crippen LogP contribution in [0.4, 0.5) is 0 Å². The summed E-state index contributed by atoms with van der Waals surface area (Å²) in [6.45, 7) is 3.43. The van der Waals surface area contributed by atoms with E-state index in [-0.39, 0.29) is 24.4 Å². The maximum absolute atomic E-state index is 12.4. The van der Waals surface area contributed by atoms with Crippen molar-refractivity contribution in [3.63, 3.8) is 0 Å². The van der Waals surface area contributed by atoms with E-state index in [0.717, 1.165) is 11.1 Å². The fourth-order valence-electron chi connectivity index (χ4n) is 2.77. The van der Waals surface area contributed by atoms with Crippen LogP contribution in [0.2, 0.25) is 0 Å². The van der Waals surface area contributed by atoms with Crippen LogP contribution in [0.5, 0.6) is 5.75 Å². The van der Waals surface area contributed by atoms with Gasteiger partial charge in [0.25, 0.3) is 0 Å². The molecule has 4 nitrogen and oxygen atoms in total. The molecule has 124 valence electrons. The number of aryl methyl sites for hydroxylation is 1. The van der Waals surface area contributed by atoms with Crippen molar-refractivity contribution < 1.29 is 19.1 Å². The number of carbonyl (C=O) groups is 2. The first kappa shape index (κ1) is 16.4. The van der Waals surface area contributed by atoms with Gasteiger partial charge in [-0.1, -0.05) is 36.4 Å². The van der Waals surface area contributed by atoms with Crippen molar-refractivity contribution in [3.05, 3.63) is 64.7 Å². The van der Waals surface area contributed by atoms with Gasteiger partial charge in [-0.05, 0) is 18.6 Å². The van der Waals surface area contributed by atoms with Gasteiger partial charge >= 0.3 is 0 Å². The number of ether oxygens (including phenoxy) is 2. The molecule has 1 aliphatic heterocycles. The monoisotopic (exact) mass is 324 g/mol. The first-order valence-electron chi connectivity index (χ1n) is 8.10. The van der Waals surface area contributed by atoms with Gasteiger partial charge in [0.2, 0.25) is 0 Å². The molecule has 24 heavy (non-hydrogen) atoms. The highest BCUT2D eigenvalue weighted by molar-refractivity contribution is 6.02. The van der Waals surface area contributed by atoms with Crippen molar-refractivity contribution in [3.8, 4) is 5.75 Å². The van der Waals surface area contributed by atoms with Crippen LogP contribution < -0.4 is 4.74 Å². The van der Waals surface area contributed by atoms with Gasteiger partial charge in [-0.25, -0.2) is 0 Å². The Morgan fingerprint density at radius 3 is 2.62 bits per heavy atom. The zero-order valence-corrected chi connectivity index (χ0v) is 13.7. The highest BCUT2D eigenvalue weighted by Gasteiger charge is 2.15. The lowest BCUT2D eigenvalue weighted by molar-refractivity contribution is 0.0917. The molecule has 0 bridgehead atoms. The normalized spacial score (nSPS) is 13.5. The predicted molar refractivity (Wildman–Crippen MR) is 90.7 cm³/mol. The summed E-state index contributed by atoms with van der Waals surface area (Å²) in [5, 5.41) is 0. The molecule has 0 radical (unpaired) electrons.